The van der Waals surface area contributed by atoms with E-state index < -0.39 is 0 Å². The van der Waals surface area contributed by atoms with Gasteiger partial charge in [-0.1, -0.05) is 12.1 Å². The first kappa shape index (κ1) is 17.1. The maximum Gasteiger partial charge on any atom is 0.150 e. The molecular weight excluding hydrogens is 350 g/mol. The van der Waals surface area contributed by atoms with Crippen molar-refractivity contribution in [3.05, 3.63) is 48.2 Å². The highest BCUT2D eigenvalue weighted by Gasteiger charge is 2.34. The van der Waals surface area contributed by atoms with Crippen molar-refractivity contribution in [2.24, 2.45) is 5.92 Å². The van der Waals surface area contributed by atoms with Crippen molar-refractivity contribution in [1.29, 1.82) is 5.26 Å². The van der Waals surface area contributed by atoms with Crippen molar-refractivity contribution >= 4 is 16.9 Å². The molecule has 3 aromatic rings. The van der Waals surface area contributed by atoms with Crippen LogP contribution in [0.3, 0.4) is 0 Å². The zero-order chi connectivity index (χ0) is 18.9. The summed E-state index contributed by atoms with van der Waals surface area (Å²) in [5.74, 6) is 2.45. The van der Waals surface area contributed by atoms with Gasteiger partial charge in [-0.05, 0) is 25.0 Å². The fraction of sp³-hybridized carbons (Fsp3) is 0.429. The highest BCUT2D eigenvalue weighted by Crippen LogP contribution is 2.33. The minimum atomic E-state index is 0.0922. The maximum absolute atomic E-state index is 9.29. The molecular formula is C21H23N7. The smallest absolute Gasteiger partial charge is 0.150 e. The van der Waals surface area contributed by atoms with Crippen LogP contribution in [0.2, 0.25) is 0 Å². The number of H-pyrrole nitrogens is 1. The Morgan fingerprint density at radius 2 is 2.00 bits per heavy atom. The molecule has 0 aliphatic carbocycles. The molecule has 2 aliphatic rings. The molecule has 5 rings (SSSR count). The Morgan fingerprint density at radius 3 is 2.86 bits per heavy atom. The number of aromatic nitrogens is 4. The second kappa shape index (κ2) is 7.21. The zero-order valence-electron chi connectivity index (χ0n) is 15.8. The molecule has 28 heavy (non-hydrogen) atoms. The number of benzene rings is 1. The van der Waals surface area contributed by atoms with Gasteiger partial charge in [-0.15, -0.1) is 0 Å². The van der Waals surface area contributed by atoms with E-state index in [0.717, 1.165) is 73.9 Å². The van der Waals surface area contributed by atoms with Gasteiger partial charge in [-0.2, -0.15) is 5.26 Å². The van der Waals surface area contributed by atoms with Gasteiger partial charge in [0.2, 0.25) is 0 Å². The third kappa shape index (κ3) is 3.20. The number of para-hydroxylation sites is 2. The first-order valence-corrected chi connectivity index (χ1v) is 9.91. The van der Waals surface area contributed by atoms with E-state index in [4.69, 9.17) is 0 Å². The number of piperidine rings is 1. The predicted octanol–water partition coefficient (Wildman–Crippen LogP) is 2.69. The van der Waals surface area contributed by atoms with E-state index in [0.29, 0.717) is 5.92 Å². The van der Waals surface area contributed by atoms with Crippen molar-refractivity contribution in [2.45, 2.75) is 25.3 Å². The second-order valence-electron chi connectivity index (χ2n) is 7.77. The lowest BCUT2D eigenvalue weighted by Crippen LogP contribution is -2.46. The molecule has 2 fully saturated rings. The minimum Gasteiger partial charge on any atom is -0.354 e. The Kier molecular flexibility index (Phi) is 4.41. The number of rotatable bonds is 4. The summed E-state index contributed by atoms with van der Waals surface area (Å²) in [6.45, 7) is 4.45. The normalized spacial score (nSPS) is 20.8. The maximum atomic E-state index is 9.29. The number of nitrogens with one attached hydrogen (secondary N) is 1. The van der Waals surface area contributed by atoms with Gasteiger partial charge in [0, 0.05) is 44.5 Å². The monoisotopic (exact) mass is 373 g/mol. The molecule has 1 N–H and O–H groups in total. The third-order valence-corrected chi connectivity index (χ3v) is 5.77. The van der Waals surface area contributed by atoms with Crippen LogP contribution in [0, 0.1) is 17.2 Å². The van der Waals surface area contributed by atoms with E-state index in [2.05, 4.69) is 41.9 Å². The Balaban J connectivity index is 1.27. The van der Waals surface area contributed by atoms with Gasteiger partial charge in [0.05, 0.1) is 35.3 Å². The quantitative estimate of drug-likeness (QED) is 0.757. The molecule has 0 radical (unpaired) electrons. The van der Waals surface area contributed by atoms with Crippen LogP contribution in [0.1, 0.15) is 30.3 Å². The van der Waals surface area contributed by atoms with E-state index in [9.17, 15) is 5.26 Å². The average molecular weight is 373 g/mol. The number of aromatic amines is 1. The molecule has 1 atom stereocenters. The number of hydrogen-bond acceptors (Lipinski definition) is 6. The summed E-state index contributed by atoms with van der Waals surface area (Å²) in [6, 6.07) is 10.5. The molecule has 4 heterocycles. The van der Waals surface area contributed by atoms with Crippen LogP contribution in [0.5, 0.6) is 0 Å². The first-order chi connectivity index (χ1) is 13.8. The average Bonchev–Trinajstić information content (AvgIpc) is 3.13. The molecule has 142 valence electrons. The lowest BCUT2D eigenvalue weighted by Gasteiger charge is -2.40. The van der Waals surface area contributed by atoms with Crippen molar-refractivity contribution < 1.29 is 0 Å². The molecule has 1 unspecified atom stereocenters. The van der Waals surface area contributed by atoms with Gasteiger partial charge >= 0.3 is 0 Å². The van der Waals surface area contributed by atoms with E-state index in [-0.39, 0.29) is 5.92 Å². The molecule has 7 heteroatoms. The Morgan fingerprint density at radius 1 is 1.14 bits per heavy atom. The topological polar surface area (TPSA) is 84.7 Å². The van der Waals surface area contributed by atoms with E-state index in [1.807, 2.05) is 18.2 Å². The van der Waals surface area contributed by atoms with Crippen molar-refractivity contribution in [2.75, 3.05) is 31.1 Å². The summed E-state index contributed by atoms with van der Waals surface area (Å²) in [7, 11) is 0. The van der Waals surface area contributed by atoms with Crippen LogP contribution in [0.15, 0.2) is 36.7 Å². The van der Waals surface area contributed by atoms with Gasteiger partial charge in [-0.3, -0.25) is 9.88 Å². The fourth-order valence-corrected chi connectivity index (χ4v) is 4.31. The number of anilines is 1. The van der Waals surface area contributed by atoms with Gasteiger partial charge in [0.1, 0.15) is 5.82 Å². The van der Waals surface area contributed by atoms with E-state index in [1.54, 1.807) is 12.4 Å². The van der Waals surface area contributed by atoms with Gasteiger partial charge in [0.15, 0.2) is 5.82 Å². The summed E-state index contributed by atoms with van der Waals surface area (Å²) >= 11 is 0. The fourth-order valence-electron chi connectivity index (χ4n) is 4.31. The highest BCUT2D eigenvalue weighted by atomic mass is 15.2. The lowest BCUT2D eigenvalue weighted by molar-refractivity contribution is 0.134. The summed E-state index contributed by atoms with van der Waals surface area (Å²) in [6.07, 6.45) is 5.57. The number of fused-ring (bicyclic) bond motifs is 1. The largest absolute Gasteiger partial charge is 0.354 e. The summed E-state index contributed by atoms with van der Waals surface area (Å²) in [4.78, 5) is 22.0. The van der Waals surface area contributed by atoms with Crippen molar-refractivity contribution in [3.8, 4) is 6.07 Å². The predicted molar refractivity (Wildman–Crippen MR) is 107 cm³/mol. The van der Waals surface area contributed by atoms with Crippen LogP contribution in [-0.4, -0.2) is 51.0 Å². The zero-order valence-corrected chi connectivity index (χ0v) is 15.8. The number of imidazole rings is 1. The third-order valence-electron chi connectivity index (χ3n) is 5.77. The van der Waals surface area contributed by atoms with Gasteiger partial charge < -0.3 is 9.88 Å². The van der Waals surface area contributed by atoms with Crippen LogP contribution in [-0.2, 0) is 6.54 Å². The number of nitriles is 1. The molecule has 0 saturated carbocycles. The number of hydrogen-bond donors (Lipinski definition) is 1. The Labute approximate surface area is 164 Å². The van der Waals surface area contributed by atoms with Gasteiger partial charge in [-0.25, -0.2) is 9.97 Å². The molecule has 0 spiro atoms. The first-order valence-electron chi connectivity index (χ1n) is 9.91. The number of nitrogens with zero attached hydrogens (tertiary/aromatic N) is 6. The Bertz CT molecular complexity index is 982. The molecule has 0 bridgehead atoms. The minimum absolute atomic E-state index is 0.0922. The van der Waals surface area contributed by atoms with Crippen LogP contribution in [0.4, 0.5) is 5.82 Å². The molecule has 2 saturated heterocycles. The standard InChI is InChI=1S/C21H23N7/c22-10-15-4-3-9-28(11-15)21-20(23-7-8-24-21)16-12-27(13-16)14-19-25-17-5-1-2-6-18(17)26-19/h1-2,5-8,15-16H,3-4,9,11-14H2,(H,25,26). The molecule has 0 amide bonds. The second-order valence-corrected chi connectivity index (χ2v) is 7.77. The molecule has 2 aliphatic heterocycles. The van der Waals surface area contributed by atoms with Crippen molar-refractivity contribution in [3.63, 3.8) is 0 Å². The Hall–Kier alpha value is -2.98. The van der Waals surface area contributed by atoms with E-state index >= 15 is 0 Å². The highest BCUT2D eigenvalue weighted by molar-refractivity contribution is 5.74. The van der Waals surface area contributed by atoms with Crippen LogP contribution in [0.25, 0.3) is 11.0 Å². The van der Waals surface area contributed by atoms with Crippen molar-refractivity contribution in [1.82, 2.24) is 24.8 Å². The summed E-state index contributed by atoms with van der Waals surface area (Å²) in [5.41, 5.74) is 3.17. The number of likely N-dealkylation sites (tertiary alicyclic amines) is 1. The SMILES string of the molecule is N#CC1CCCN(c2nccnc2C2CN(Cc3nc4ccccc4[nH]3)C2)C1. The molecule has 7 nitrogen and oxygen atoms in total. The summed E-state index contributed by atoms with van der Waals surface area (Å²) < 4.78 is 0. The lowest BCUT2D eigenvalue weighted by atomic mass is 9.94. The summed E-state index contributed by atoms with van der Waals surface area (Å²) in [5, 5.41) is 9.29. The van der Waals surface area contributed by atoms with Crippen LogP contribution < -0.4 is 4.90 Å². The molecule has 2 aromatic heterocycles. The molecule has 1 aromatic carbocycles. The van der Waals surface area contributed by atoms with E-state index in [1.165, 1.54) is 0 Å². The van der Waals surface area contributed by atoms with Gasteiger partial charge in [0.25, 0.3) is 0 Å². The van der Waals surface area contributed by atoms with Crippen LogP contribution >= 0.6 is 0 Å².